The van der Waals surface area contributed by atoms with E-state index in [4.69, 9.17) is 0 Å². The molecule has 2 rings (SSSR count). The van der Waals surface area contributed by atoms with Crippen molar-refractivity contribution in [1.29, 1.82) is 0 Å². The van der Waals surface area contributed by atoms with Gasteiger partial charge in [-0.15, -0.1) is 0 Å². The predicted molar refractivity (Wildman–Crippen MR) is 55.9 cm³/mol. The minimum absolute atomic E-state index is 0.604. The normalized spacial score (nSPS) is 21.5. The first-order chi connectivity index (χ1) is 6.40. The molecule has 1 aliphatic heterocycles. The lowest BCUT2D eigenvalue weighted by atomic mass is 10.2. The maximum Gasteiger partial charge on any atom is 0.0386 e. The molecule has 13 heavy (non-hydrogen) atoms. The van der Waals surface area contributed by atoms with Gasteiger partial charge in [0.2, 0.25) is 0 Å². The standard InChI is InChI=1S/C11H16N2/c1-2-10-8-13-11-6-4-3-5-9(11)7-12-10/h3-6,10,12-13H,2,7-8H2,1H3. The van der Waals surface area contributed by atoms with E-state index in [1.165, 1.54) is 17.7 Å². The van der Waals surface area contributed by atoms with Gasteiger partial charge in [-0.25, -0.2) is 0 Å². The Morgan fingerprint density at radius 3 is 3.08 bits per heavy atom. The number of hydrogen-bond donors (Lipinski definition) is 2. The Balaban J connectivity index is 2.17. The first-order valence-electron chi connectivity index (χ1n) is 4.95. The third-order valence-corrected chi connectivity index (χ3v) is 2.63. The topological polar surface area (TPSA) is 24.1 Å². The highest BCUT2D eigenvalue weighted by Gasteiger charge is 2.11. The molecular formula is C11H16N2. The minimum atomic E-state index is 0.604. The van der Waals surface area contributed by atoms with Crippen molar-refractivity contribution in [2.75, 3.05) is 11.9 Å². The number of para-hydroxylation sites is 1. The van der Waals surface area contributed by atoms with E-state index in [0.717, 1.165) is 13.1 Å². The summed E-state index contributed by atoms with van der Waals surface area (Å²) in [4.78, 5) is 0. The van der Waals surface area contributed by atoms with E-state index < -0.39 is 0 Å². The van der Waals surface area contributed by atoms with Crippen LogP contribution in [0.4, 0.5) is 5.69 Å². The SMILES string of the molecule is CCC1CNc2ccccc2CN1. The lowest BCUT2D eigenvalue weighted by Gasteiger charge is -2.12. The summed E-state index contributed by atoms with van der Waals surface area (Å²) in [5.41, 5.74) is 2.66. The number of hydrogen-bond acceptors (Lipinski definition) is 2. The molecule has 2 N–H and O–H groups in total. The molecule has 0 spiro atoms. The van der Waals surface area contributed by atoms with Gasteiger partial charge < -0.3 is 10.6 Å². The second-order valence-electron chi connectivity index (χ2n) is 3.52. The smallest absolute Gasteiger partial charge is 0.0386 e. The van der Waals surface area contributed by atoms with Crippen molar-refractivity contribution in [2.24, 2.45) is 0 Å². The zero-order chi connectivity index (χ0) is 9.10. The Labute approximate surface area is 79.4 Å². The first-order valence-corrected chi connectivity index (χ1v) is 4.95. The van der Waals surface area contributed by atoms with Gasteiger partial charge in [0.15, 0.2) is 0 Å². The van der Waals surface area contributed by atoms with Crippen LogP contribution in [0.5, 0.6) is 0 Å². The van der Waals surface area contributed by atoms with E-state index in [2.05, 4.69) is 41.8 Å². The van der Waals surface area contributed by atoms with Crippen LogP contribution in [-0.2, 0) is 6.54 Å². The van der Waals surface area contributed by atoms with E-state index in [1.54, 1.807) is 0 Å². The summed E-state index contributed by atoms with van der Waals surface area (Å²) >= 11 is 0. The highest BCUT2D eigenvalue weighted by atomic mass is 15.0. The second kappa shape index (κ2) is 3.79. The van der Waals surface area contributed by atoms with E-state index in [0.29, 0.717) is 6.04 Å². The number of nitrogens with one attached hydrogen (secondary N) is 2. The summed E-state index contributed by atoms with van der Waals surface area (Å²) in [6.07, 6.45) is 1.18. The van der Waals surface area contributed by atoms with Crippen LogP contribution in [0.3, 0.4) is 0 Å². The highest BCUT2D eigenvalue weighted by Crippen LogP contribution is 2.17. The molecule has 1 aliphatic rings. The molecule has 0 saturated heterocycles. The summed E-state index contributed by atoms with van der Waals surface area (Å²) in [5.74, 6) is 0. The van der Waals surface area contributed by atoms with Gasteiger partial charge in [-0.1, -0.05) is 25.1 Å². The molecule has 1 atom stereocenters. The number of benzene rings is 1. The molecule has 1 unspecified atom stereocenters. The number of anilines is 1. The largest absolute Gasteiger partial charge is 0.383 e. The first kappa shape index (κ1) is 8.57. The molecule has 0 aliphatic carbocycles. The molecule has 0 bridgehead atoms. The van der Waals surface area contributed by atoms with Crippen molar-refractivity contribution in [2.45, 2.75) is 25.9 Å². The van der Waals surface area contributed by atoms with Gasteiger partial charge in [-0.3, -0.25) is 0 Å². The molecule has 1 aromatic carbocycles. The van der Waals surface area contributed by atoms with Crippen LogP contribution in [0.25, 0.3) is 0 Å². The summed E-state index contributed by atoms with van der Waals surface area (Å²) in [5, 5.41) is 6.99. The zero-order valence-corrected chi connectivity index (χ0v) is 8.01. The average Bonchev–Trinajstić information content (AvgIpc) is 2.39. The molecule has 2 heteroatoms. The summed E-state index contributed by atoms with van der Waals surface area (Å²) in [7, 11) is 0. The lowest BCUT2D eigenvalue weighted by molar-refractivity contribution is 0.526. The summed E-state index contributed by atoms with van der Waals surface area (Å²) in [6.45, 7) is 4.24. The lowest BCUT2D eigenvalue weighted by Crippen LogP contribution is -2.31. The Kier molecular flexibility index (Phi) is 2.50. The Morgan fingerprint density at radius 1 is 1.38 bits per heavy atom. The number of fused-ring (bicyclic) bond motifs is 1. The van der Waals surface area contributed by atoms with Crippen molar-refractivity contribution >= 4 is 5.69 Å². The third kappa shape index (κ3) is 1.83. The fraction of sp³-hybridized carbons (Fsp3) is 0.455. The van der Waals surface area contributed by atoms with Crippen molar-refractivity contribution in [1.82, 2.24) is 5.32 Å². The van der Waals surface area contributed by atoms with Crippen LogP contribution in [0.15, 0.2) is 24.3 Å². The second-order valence-corrected chi connectivity index (χ2v) is 3.52. The van der Waals surface area contributed by atoms with Gasteiger partial charge >= 0.3 is 0 Å². The zero-order valence-electron chi connectivity index (χ0n) is 8.01. The Hall–Kier alpha value is -1.02. The third-order valence-electron chi connectivity index (χ3n) is 2.63. The molecule has 0 fully saturated rings. The maximum absolute atomic E-state index is 3.52. The maximum atomic E-state index is 3.52. The molecule has 0 amide bonds. The molecule has 0 saturated carbocycles. The van der Waals surface area contributed by atoms with Gasteiger partial charge in [-0.2, -0.15) is 0 Å². The van der Waals surface area contributed by atoms with E-state index in [-0.39, 0.29) is 0 Å². The predicted octanol–water partition coefficient (Wildman–Crippen LogP) is 1.98. The monoisotopic (exact) mass is 176 g/mol. The van der Waals surface area contributed by atoms with Gasteiger partial charge in [0.1, 0.15) is 0 Å². The highest BCUT2D eigenvalue weighted by molar-refractivity contribution is 5.51. The van der Waals surface area contributed by atoms with E-state index in [9.17, 15) is 0 Å². The van der Waals surface area contributed by atoms with Crippen LogP contribution in [0.2, 0.25) is 0 Å². The summed E-state index contributed by atoms with van der Waals surface area (Å²) in [6, 6.07) is 9.10. The molecule has 0 radical (unpaired) electrons. The molecular weight excluding hydrogens is 160 g/mol. The quantitative estimate of drug-likeness (QED) is 0.683. The van der Waals surface area contributed by atoms with Crippen LogP contribution in [0, 0.1) is 0 Å². The van der Waals surface area contributed by atoms with Crippen LogP contribution in [0.1, 0.15) is 18.9 Å². The minimum Gasteiger partial charge on any atom is -0.383 e. The number of rotatable bonds is 1. The fourth-order valence-corrected chi connectivity index (χ4v) is 1.70. The summed E-state index contributed by atoms with van der Waals surface area (Å²) < 4.78 is 0. The van der Waals surface area contributed by atoms with E-state index in [1.807, 2.05) is 0 Å². The van der Waals surface area contributed by atoms with Gasteiger partial charge in [-0.05, 0) is 18.1 Å². The van der Waals surface area contributed by atoms with Gasteiger partial charge in [0.05, 0.1) is 0 Å². The molecule has 2 nitrogen and oxygen atoms in total. The molecule has 70 valence electrons. The average molecular weight is 176 g/mol. The Morgan fingerprint density at radius 2 is 2.23 bits per heavy atom. The van der Waals surface area contributed by atoms with Gasteiger partial charge in [0, 0.05) is 24.8 Å². The van der Waals surface area contributed by atoms with Crippen LogP contribution >= 0.6 is 0 Å². The molecule has 0 aromatic heterocycles. The van der Waals surface area contributed by atoms with Gasteiger partial charge in [0.25, 0.3) is 0 Å². The van der Waals surface area contributed by atoms with Crippen molar-refractivity contribution < 1.29 is 0 Å². The van der Waals surface area contributed by atoms with E-state index >= 15 is 0 Å². The fourth-order valence-electron chi connectivity index (χ4n) is 1.70. The Bertz CT molecular complexity index is 256. The van der Waals surface area contributed by atoms with Crippen LogP contribution < -0.4 is 10.6 Å². The molecule has 1 heterocycles. The van der Waals surface area contributed by atoms with Crippen molar-refractivity contribution in [3.8, 4) is 0 Å². The molecule has 1 aromatic rings. The van der Waals surface area contributed by atoms with Crippen molar-refractivity contribution in [3.63, 3.8) is 0 Å². The van der Waals surface area contributed by atoms with Crippen molar-refractivity contribution in [3.05, 3.63) is 29.8 Å². The van der Waals surface area contributed by atoms with Crippen LogP contribution in [-0.4, -0.2) is 12.6 Å².